The quantitative estimate of drug-likeness (QED) is 0.771. The van der Waals surface area contributed by atoms with Gasteiger partial charge in [0.2, 0.25) is 0 Å². The van der Waals surface area contributed by atoms with Crippen LogP contribution >= 0.6 is 11.6 Å². The zero-order valence-electron chi connectivity index (χ0n) is 11.7. The molecule has 2 heterocycles. The number of hydrogen-bond acceptors (Lipinski definition) is 5. The van der Waals surface area contributed by atoms with Crippen LogP contribution in [-0.4, -0.2) is 25.8 Å². The van der Waals surface area contributed by atoms with Gasteiger partial charge in [0.1, 0.15) is 12.4 Å². The summed E-state index contributed by atoms with van der Waals surface area (Å²) < 4.78 is 19.2. The second-order valence-electron chi connectivity index (χ2n) is 4.68. The van der Waals surface area contributed by atoms with E-state index in [0.29, 0.717) is 10.8 Å². The minimum Gasteiger partial charge on any atom is -0.344 e. The van der Waals surface area contributed by atoms with E-state index in [1.807, 2.05) is 0 Å². The molecule has 0 saturated carbocycles. The Morgan fingerprint density at radius 3 is 2.83 bits per heavy atom. The van der Waals surface area contributed by atoms with Crippen LogP contribution in [0.25, 0.3) is 0 Å². The number of carbonyl (C=O) groups excluding carboxylic acids is 1. The molecule has 23 heavy (non-hydrogen) atoms. The average Bonchev–Trinajstić information content (AvgIpc) is 3.16. The molecule has 0 radical (unpaired) electrons. The Bertz CT molecular complexity index is 815. The summed E-state index contributed by atoms with van der Waals surface area (Å²) in [6.07, 6.45) is 3.09. The molecular weight excluding hydrogens is 325 g/mol. The van der Waals surface area contributed by atoms with Crippen LogP contribution in [0, 0.1) is 5.82 Å². The first-order valence-corrected chi connectivity index (χ1v) is 7.01. The van der Waals surface area contributed by atoms with Crippen LogP contribution in [0.5, 0.6) is 0 Å². The highest BCUT2D eigenvalue weighted by Gasteiger charge is 2.15. The van der Waals surface area contributed by atoms with Gasteiger partial charge in [0.25, 0.3) is 0 Å². The first-order valence-electron chi connectivity index (χ1n) is 6.63. The van der Waals surface area contributed by atoms with Crippen molar-refractivity contribution in [2.75, 3.05) is 0 Å². The molecule has 3 rings (SSSR count). The molecule has 9 heteroatoms. The minimum atomic E-state index is -0.508. The van der Waals surface area contributed by atoms with Gasteiger partial charge in [-0.15, -0.1) is 0 Å². The lowest BCUT2D eigenvalue weighted by molar-refractivity contribution is 0.0907. The van der Waals surface area contributed by atoms with Gasteiger partial charge in [-0.2, -0.15) is 10.1 Å². The number of nitrogens with zero attached hydrogens (tertiary/aromatic N) is 4. The Morgan fingerprint density at radius 1 is 1.35 bits per heavy atom. The second kappa shape index (κ2) is 6.57. The van der Waals surface area contributed by atoms with E-state index >= 15 is 0 Å². The minimum absolute atomic E-state index is 0.152. The van der Waals surface area contributed by atoms with Crippen molar-refractivity contribution in [2.45, 2.75) is 13.1 Å². The van der Waals surface area contributed by atoms with Crippen LogP contribution < -0.4 is 5.32 Å². The lowest BCUT2D eigenvalue weighted by atomic mass is 10.2. The summed E-state index contributed by atoms with van der Waals surface area (Å²) in [5.74, 6) is -0.691. The number of rotatable bonds is 5. The van der Waals surface area contributed by atoms with Crippen molar-refractivity contribution in [3.05, 3.63) is 64.8 Å². The molecule has 7 nitrogen and oxygen atoms in total. The van der Waals surface area contributed by atoms with Crippen molar-refractivity contribution in [3.63, 3.8) is 0 Å². The monoisotopic (exact) mass is 335 g/mol. The van der Waals surface area contributed by atoms with Crippen molar-refractivity contribution in [1.29, 1.82) is 0 Å². The van der Waals surface area contributed by atoms with E-state index in [9.17, 15) is 9.18 Å². The number of carbonyl (C=O) groups is 1. The van der Waals surface area contributed by atoms with E-state index in [0.717, 1.165) is 5.56 Å². The summed E-state index contributed by atoms with van der Waals surface area (Å²) in [6.45, 7) is 0.465. The molecule has 0 bridgehead atoms. The Balaban J connectivity index is 1.58. The van der Waals surface area contributed by atoms with Crippen LogP contribution in [0.4, 0.5) is 4.39 Å². The average molecular weight is 336 g/mol. The molecule has 1 amide bonds. The molecular formula is C14H11ClFN5O2. The van der Waals surface area contributed by atoms with Gasteiger partial charge in [0, 0.05) is 12.7 Å². The number of halogens is 2. The van der Waals surface area contributed by atoms with E-state index in [-0.39, 0.29) is 24.8 Å². The van der Waals surface area contributed by atoms with Crippen LogP contribution in [0.15, 0.2) is 41.2 Å². The summed E-state index contributed by atoms with van der Waals surface area (Å²) in [5, 5.41) is 10.8. The van der Waals surface area contributed by atoms with Gasteiger partial charge >= 0.3 is 11.8 Å². The molecule has 0 fully saturated rings. The van der Waals surface area contributed by atoms with Crippen molar-refractivity contribution in [3.8, 4) is 0 Å². The fraction of sp³-hybridized carbons (Fsp3) is 0.143. The van der Waals surface area contributed by atoms with Crippen LogP contribution in [0.3, 0.4) is 0 Å². The van der Waals surface area contributed by atoms with Gasteiger partial charge in [-0.25, -0.2) is 4.39 Å². The number of hydrogen-bond donors (Lipinski definition) is 1. The van der Waals surface area contributed by atoms with Crippen LogP contribution in [0.2, 0.25) is 5.02 Å². The molecule has 2 aromatic heterocycles. The fourth-order valence-corrected chi connectivity index (χ4v) is 2.00. The Kier molecular flexibility index (Phi) is 4.33. The predicted octanol–water partition coefficient (Wildman–Crippen LogP) is 2.04. The first kappa shape index (κ1) is 15.2. The smallest absolute Gasteiger partial charge is 0.316 e. The maximum Gasteiger partial charge on any atom is 0.316 e. The van der Waals surface area contributed by atoms with Gasteiger partial charge in [0.15, 0.2) is 5.82 Å². The topological polar surface area (TPSA) is 85.8 Å². The van der Waals surface area contributed by atoms with Gasteiger partial charge < -0.3 is 9.84 Å². The molecule has 0 atom stereocenters. The molecule has 0 aliphatic heterocycles. The summed E-state index contributed by atoms with van der Waals surface area (Å²) in [6, 6.07) is 5.80. The summed E-state index contributed by atoms with van der Waals surface area (Å²) in [4.78, 5) is 15.9. The summed E-state index contributed by atoms with van der Waals surface area (Å²) in [7, 11) is 0. The highest BCUT2D eigenvalue weighted by molar-refractivity contribution is 6.30. The lowest BCUT2D eigenvalue weighted by Crippen LogP contribution is -2.23. The van der Waals surface area contributed by atoms with Crippen LogP contribution in [0.1, 0.15) is 22.1 Å². The largest absolute Gasteiger partial charge is 0.344 e. The third-order valence-corrected chi connectivity index (χ3v) is 3.13. The predicted molar refractivity (Wildman–Crippen MR) is 78.2 cm³/mol. The van der Waals surface area contributed by atoms with E-state index in [2.05, 4.69) is 20.6 Å². The molecule has 0 unspecified atom stereocenters. The van der Waals surface area contributed by atoms with Crippen molar-refractivity contribution >= 4 is 17.5 Å². The number of aromatic nitrogens is 4. The summed E-state index contributed by atoms with van der Waals surface area (Å²) in [5.41, 5.74) is 0.755. The molecule has 0 spiro atoms. The SMILES string of the molecule is O=C(NCc1ccc(F)cc1)c1nc(Cn2cc(Cl)cn2)no1. The van der Waals surface area contributed by atoms with E-state index in [4.69, 9.17) is 16.1 Å². The van der Waals surface area contributed by atoms with Crippen molar-refractivity contribution < 1.29 is 13.7 Å². The molecule has 1 aromatic carbocycles. The van der Waals surface area contributed by atoms with Gasteiger partial charge in [-0.05, 0) is 17.7 Å². The first-order chi connectivity index (χ1) is 11.1. The molecule has 118 valence electrons. The maximum absolute atomic E-state index is 12.8. The number of amides is 1. The highest BCUT2D eigenvalue weighted by atomic mass is 35.5. The second-order valence-corrected chi connectivity index (χ2v) is 5.12. The van der Waals surface area contributed by atoms with Crippen molar-refractivity contribution in [2.24, 2.45) is 0 Å². The Morgan fingerprint density at radius 2 is 2.13 bits per heavy atom. The molecule has 1 N–H and O–H groups in total. The molecule has 0 aliphatic carbocycles. The third kappa shape index (κ3) is 3.92. The zero-order chi connectivity index (χ0) is 16.2. The van der Waals surface area contributed by atoms with E-state index < -0.39 is 5.91 Å². The highest BCUT2D eigenvalue weighted by Crippen LogP contribution is 2.07. The lowest BCUT2D eigenvalue weighted by Gasteiger charge is -2.01. The fourth-order valence-electron chi connectivity index (χ4n) is 1.84. The molecule has 3 aromatic rings. The normalized spacial score (nSPS) is 10.7. The van der Waals surface area contributed by atoms with Crippen molar-refractivity contribution in [1.82, 2.24) is 25.2 Å². The van der Waals surface area contributed by atoms with Crippen LogP contribution in [-0.2, 0) is 13.1 Å². The number of nitrogens with one attached hydrogen (secondary N) is 1. The Hall–Kier alpha value is -2.74. The van der Waals surface area contributed by atoms with E-state index in [1.54, 1.807) is 18.3 Å². The van der Waals surface area contributed by atoms with Gasteiger partial charge in [-0.3, -0.25) is 9.48 Å². The summed E-state index contributed by atoms with van der Waals surface area (Å²) >= 11 is 5.76. The zero-order valence-corrected chi connectivity index (χ0v) is 12.5. The maximum atomic E-state index is 12.8. The van der Waals surface area contributed by atoms with Gasteiger partial charge in [-0.1, -0.05) is 28.9 Å². The molecule has 0 saturated heterocycles. The Labute approximate surface area is 135 Å². The standard InChI is InChI=1S/C14H11ClFN5O2/c15-10-6-18-21(7-10)8-12-19-14(23-20-12)13(22)17-5-9-1-3-11(16)4-2-9/h1-4,6-7H,5,8H2,(H,17,22). The van der Waals surface area contributed by atoms with Gasteiger partial charge in [0.05, 0.1) is 11.2 Å². The molecule has 0 aliphatic rings. The van der Waals surface area contributed by atoms with E-state index in [1.165, 1.54) is 23.0 Å². The third-order valence-electron chi connectivity index (χ3n) is 2.93. The number of benzene rings is 1.